The number of nitrogens with zero attached hydrogens (tertiary/aromatic N) is 1. The van der Waals surface area contributed by atoms with Crippen molar-refractivity contribution in [1.82, 2.24) is 10.2 Å². The van der Waals surface area contributed by atoms with E-state index in [2.05, 4.69) is 24.1 Å². The molecule has 1 heterocycles. The highest BCUT2D eigenvalue weighted by atomic mass is 15.2. The van der Waals surface area contributed by atoms with Crippen LogP contribution in [0.1, 0.15) is 46.0 Å². The van der Waals surface area contributed by atoms with Gasteiger partial charge >= 0.3 is 0 Å². The van der Waals surface area contributed by atoms with E-state index in [4.69, 9.17) is 0 Å². The predicted octanol–water partition coefficient (Wildman–Crippen LogP) is 2.25. The summed E-state index contributed by atoms with van der Waals surface area (Å²) >= 11 is 0. The molecule has 0 amide bonds. The minimum absolute atomic E-state index is 0.695. The minimum atomic E-state index is 0.695. The third-order valence-electron chi connectivity index (χ3n) is 4.25. The van der Waals surface area contributed by atoms with Gasteiger partial charge in [0.1, 0.15) is 0 Å². The molecule has 2 rings (SSSR count). The van der Waals surface area contributed by atoms with E-state index in [1.807, 2.05) is 0 Å². The van der Waals surface area contributed by atoms with Gasteiger partial charge in [0.25, 0.3) is 0 Å². The molecule has 0 radical (unpaired) electrons. The van der Waals surface area contributed by atoms with Gasteiger partial charge in [-0.1, -0.05) is 26.2 Å². The lowest BCUT2D eigenvalue weighted by atomic mass is 9.83. The fraction of sp³-hybridized carbons (Fsp3) is 1.00. The zero-order chi connectivity index (χ0) is 10.7. The topological polar surface area (TPSA) is 15.3 Å². The van der Waals surface area contributed by atoms with Crippen molar-refractivity contribution in [3.8, 4) is 0 Å². The Labute approximate surface area is 94.4 Å². The van der Waals surface area contributed by atoms with Crippen molar-refractivity contribution < 1.29 is 0 Å². The van der Waals surface area contributed by atoms with Crippen LogP contribution in [0.25, 0.3) is 0 Å². The van der Waals surface area contributed by atoms with E-state index in [9.17, 15) is 0 Å². The van der Waals surface area contributed by atoms with E-state index in [1.165, 1.54) is 51.7 Å². The molecule has 2 unspecified atom stereocenters. The number of hydrogen-bond donors (Lipinski definition) is 1. The highest BCUT2D eigenvalue weighted by molar-refractivity contribution is 4.84. The largest absolute Gasteiger partial charge is 0.312 e. The summed E-state index contributed by atoms with van der Waals surface area (Å²) < 4.78 is 0. The van der Waals surface area contributed by atoms with E-state index in [0.29, 0.717) is 6.04 Å². The smallest absolute Gasteiger partial charge is 0.0167 e. The van der Waals surface area contributed by atoms with Gasteiger partial charge < -0.3 is 5.32 Å². The molecule has 2 fully saturated rings. The van der Waals surface area contributed by atoms with Gasteiger partial charge in [-0.2, -0.15) is 0 Å². The second kappa shape index (κ2) is 5.31. The molecule has 1 aliphatic heterocycles. The number of rotatable bonds is 2. The molecule has 1 saturated carbocycles. The van der Waals surface area contributed by atoms with Gasteiger partial charge in [-0.3, -0.25) is 4.90 Å². The molecule has 1 saturated heterocycles. The summed E-state index contributed by atoms with van der Waals surface area (Å²) in [5.74, 6) is 1.01. The van der Waals surface area contributed by atoms with Crippen LogP contribution in [0.2, 0.25) is 0 Å². The van der Waals surface area contributed by atoms with Crippen LogP contribution in [0.5, 0.6) is 0 Å². The molecule has 1 N–H and O–H groups in total. The Bertz CT molecular complexity index is 193. The van der Waals surface area contributed by atoms with Crippen molar-refractivity contribution in [2.45, 2.75) is 58.0 Å². The first-order chi connectivity index (χ1) is 7.29. The lowest BCUT2D eigenvalue weighted by Gasteiger charge is -2.41. The zero-order valence-corrected chi connectivity index (χ0v) is 10.3. The van der Waals surface area contributed by atoms with Gasteiger partial charge in [-0.15, -0.1) is 0 Å². The predicted molar refractivity (Wildman–Crippen MR) is 65.1 cm³/mol. The minimum Gasteiger partial charge on any atom is -0.312 e. The van der Waals surface area contributed by atoms with E-state index in [-0.39, 0.29) is 0 Å². The van der Waals surface area contributed by atoms with Crippen molar-refractivity contribution in [3.63, 3.8) is 0 Å². The van der Waals surface area contributed by atoms with Gasteiger partial charge in [0, 0.05) is 31.7 Å². The summed E-state index contributed by atoms with van der Waals surface area (Å²) in [7, 11) is 0. The van der Waals surface area contributed by atoms with Crippen molar-refractivity contribution in [3.05, 3.63) is 0 Å². The van der Waals surface area contributed by atoms with Crippen molar-refractivity contribution >= 4 is 0 Å². The van der Waals surface area contributed by atoms with Crippen LogP contribution < -0.4 is 5.32 Å². The molecule has 3 atom stereocenters. The van der Waals surface area contributed by atoms with Gasteiger partial charge in [-0.25, -0.2) is 0 Å². The maximum atomic E-state index is 3.53. The zero-order valence-electron chi connectivity index (χ0n) is 10.3. The monoisotopic (exact) mass is 210 g/mol. The SMILES string of the molecule is CCC1CCCC(N2CCN[C@H](C)C2)C1. The summed E-state index contributed by atoms with van der Waals surface area (Å²) in [5, 5.41) is 3.53. The Kier molecular flexibility index (Phi) is 4.04. The fourth-order valence-electron chi connectivity index (χ4n) is 3.26. The molecule has 0 spiro atoms. The number of nitrogens with one attached hydrogen (secondary N) is 1. The third-order valence-corrected chi connectivity index (χ3v) is 4.25. The molecule has 0 aromatic rings. The van der Waals surface area contributed by atoms with Crippen molar-refractivity contribution in [1.29, 1.82) is 0 Å². The molecule has 0 bridgehead atoms. The molecule has 15 heavy (non-hydrogen) atoms. The molecule has 0 aromatic heterocycles. The van der Waals surface area contributed by atoms with E-state index < -0.39 is 0 Å². The van der Waals surface area contributed by atoms with Crippen LogP contribution in [-0.4, -0.2) is 36.6 Å². The first-order valence-electron chi connectivity index (χ1n) is 6.77. The summed E-state index contributed by atoms with van der Waals surface area (Å²) in [6.07, 6.45) is 7.24. The van der Waals surface area contributed by atoms with Crippen LogP contribution in [0, 0.1) is 5.92 Å². The fourth-order valence-corrected chi connectivity index (χ4v) is 3.26. The molecule has 88 valence electrons. The normalized spacial score (nSPS) is 39.2. The van der Waals surface area contributed by atoms with E-state index >= 15 is 0 Å². The molecule has 1 aliphatic carbocycles. The number of piperazine rings is 1. The summed E-state index contributed by atoms with van der Waals surface area (Å²) in [4.78, 5) is 2.74. The second-order valence-electron chi connectivity index (χ2n) is 5.44. The molecule has 0 aromatic carbocycles. The molecule has 2 heteroatoms. The Morgan fingerprint density at radius 3 is 2.93 bits per heavy atom. The maximum Gasteiger partial charge on any atom is 0.0167 e. The third kappa shape index (κ3) is 2.94. The quantitative estimate of drug-likeness (QED) is 0.752. The summed E-state index contributed by atoms with van der Waals surface area (Å²) in [5.41, 5.74) is 0. The second-order valence-corrected chi connectivity index (χ2v) is 5.44. The average molecular weight is 210 g/mol. The first-order valence-corrected chi connectivity index (χ1v) is 6.77. The Morgan fingerprint density at radius 2 is 2.20 bits per heavy atom. The Hall–Kier alpha value is -0.0800. The van der Waals surface area contributed by atoms with Gasteiger partial charge in [0.05, 0.1) is 0 Å². The molecular weight excluding hydrogens is 184 g/mol. The lowest BCUT2D eigenvalue weighted by Crippen LogP contribution is -2.53. The van der Waals surface area contributed by atoms with Crippen molar-refractivity contribution in [2.75, 3.05) is 19.6 Å². The van der Waals surface area contributed by atoms with Gasteiger partial charge in [0.2, 0.25) is 0 Å². The van der Waals surface area contributed by atoms with Crippen LogP contribution in [-0.2, 0) is 0 Å². The van der Waals surface area contributed by atoms with Crippen LogP contribution >= 0.6 is 0 Å². The molecule has 2 aliphatic rings. The summed E-state index contributed by atoms with van der Waals surface area (Å²) in [6, 6.07) is 1.59. The first kappa shape index (κ1) is 11.4. The highest BCUT2D eigenvalue weighted by Gasteiger charge is 2.28. The molecule has 2 nitrogen and oxygen atoms in total. The van der Waals surface area contributed by atoms with Gasteiger partial charge in [-0.05, 0) is 25.7 Å². The van der Waals surface area contributed by atoms with E-state index in [1.54, 1.807) is 0 Å². The Balaban J connectivity index is 1.86. The number of hydrogen-bond acceptors (Lipinski definition) is 2. The van der Waals surface area contributed by atoms with Crippen LogP contribution in [0.15, 0.2) is 0 Å². The van der Waals surface area contributed by atoms with Crippen LogP contribution in [0.4, 0.5) is 0 Å². The molecular formula is C13H26N2. The van der Waals surface area contributed by atoms with Gasteiger partial charge in [0.15, 0.2) is 0 Å². The summed E-state index contributed by atoms with van der Waals surface area (Å²) in [6.45, 7) is 8.39. The Morgan fingerprint density at radius 1 is 1.33 bits per heavy atom. The standard InChI is InChI=1S/C13H26N2/c1-3-12-5-4-6-13(9-12)15-8-7-14-11(2)10-15/h11-14H,3-10H2,1-2H3/t11-,12?,13?/m1/s1. The van der Waals surface area contributed by atoms with E-state index in [0.717, 1.165) is 12.0 Å². The van der Waals surface area contributed by atoms with Crippen LogP contribution in [0.3, 0.4) is 0 Å². The highest BCUT2D eigenvalue weighted by Crippen LogP contribution is 2.30. The van der Waals surface area contributed by atoms with Crippen molar-refractivity contribution in [2.24, 2.45) is 5.92 Å². The average Bonchev–Trinajstić information content (AvgIpc) is 2.29. The lowest BCUT2D eigenvalue weighted by molar-refractivity contribution is 0.0990. The maximum absolute atomic E-state index is 3.53.